The van der Waals surface area contributed by atoms with Gasteiger partial charge < -0.3 is 9.47 Å². The van der Waals surface area contributed by atoms with E-state index in [1.54, 1.807) is 14.2 Å². The van der Waals surface area contributed by atoms with E-state index in [0.717, 1.165) is 22.6 Å². The van der Waals surface area contributed by atoms with Gasteiger partial charge in [-0.05, 0) is 31.2 Å². The number of rotatable bonds is 4. The number of ether oxygens (including phenoxy) is 2. The molecule has 2 nitrogen and oxygen atoms in total. The summed E-state index contributed by atoms with van der Waals surface area (Å²) in [4.78, 5) is 0. The highest BCUT2D eigenvalue weighted by molar-refractivity contribution is 5.43. The van der Waals surface area contributed by atoms with Gasteiger partial charge in [0.2, 0.25) is 0 Å². The lowest BCUT2D eigenvalue weighted by molar-refractivity contribution is 0.414. The van der Waals surface area contributed by atoms with Crippen molar-refractivity contribution < 1.29 is 9.47 Å². The van der Waals surface area contributed by atoms with Crippen LogP contribution in [0.15, 0.2) is 48.5 Å². The maximum Gasteiger partial charge on any atom is 0.152 e. The SMILES string of the molecule is [CH2+]C(C)(c1ccc(OC)cc1)c1ccc(OC)cc1. The summed E-state index contributed by atoms with van der Waals surface area (Å²) in [6.45, 7) is 6.45. The van der Waals surface area contributed by atoms with Gasteiger partial charge in [-0.3, -0.25) is 0 Å². The van der Waals surface area contributed by atoms with Crippen molar-refractivity contribution in [3.05, 3.63) is 66.6 Å². The van der Waals surface area contributed by atoms with E-state index in [0.29, 0.717) is 0 Å². The molecule has 0 bridgehead atoms. The molecule has 0 spiro atoms. The van der Waals surface area contributed by atoms with Gasteiger partial charge in [-0.15, -0.1) is 0 Å². The maximum atomic E-state index is 5.18. The Morgan fingerprint density at radius 2 is 1.05 bits per heavy atom. The minimum atomic E-state index is -0.293. The van der Waals surface area contributed by atoms with E-state index in [1.165, 1.54) is 0 Å². The van der Waals surface area contributed by atoms with Crippen molar-refractivity contribution in [3.8, 4) is 11.5 Å². The highest BCUT2D eigenvalue weighted by atomic mass is 16.5. The van der Waals surface area contributed by atoms with Crippen molar-refractivity contribution in [2.75, 3.05) is 14.2 Å². The molecule has 0 saturated heterocycles. The van der Waals surface area contributed by atoms with Crippen LogP contribution in [0.25, 0.3) is 0 Å². The molecule has 0 aliphatic rings. The van der Waals surface area contributed by atoms with Crippen LogP contribution in [0.3, 0.4) is 0 Å². The Morgan fingerprint density at radius 1 is 0.737 bits per heavy atom. The number of benzene rings is 2. The Hall–Kier alpha value is -2.09. The fourth-order valence-electron chi connectivity index (χ4n) is 2.08. The first-order valence-electron chi connectivity index (χ1n) is 6.22. The second-order valence-corrected chi connectivity index (χ2v) is 4.79. The highest BCUT2D eigenvalue weighted by Gasteiger charge is 2.30. The van der Waals surface area contributed by atoms with Gasteiger partial charge in [-0.2, -0.15) is 0 Å². The summed E-state index contributed by atoms with van der Waals surface area (Å²) in [6, 6.07) is 16.0. The Bertz CT molecular complexity index is 475. The Balaban J connectivity index is 2.33. The highest BCUT2D eigenvalue weighted by Crippen LogP contribution is 2.32. The first kappa shape index (κ1) is 13.3. The summed E-state index contributed by atoms with van der Waals surface area (Å²) in [6.07, 6.45) is 0. The maximum absolute atomic E-state index is 5.18. The molecule has 2 aromatic rings. The zero-order chi connectivity index (χ0) is 13.9. The van der Waals surface area contributed by atoms with Gasteiger partial charge in [0, 0.05) is 11.1 Å². The molecule has 0 aromatic heterocycles. The quantitative estimate of drug-likeness (QED) is 0.773. The van der Waals surface area contributed by atoms with Crippen molar-refractivity contribution in [2.24, 2.45) is 0 Å². The standard InChI is InChI=1S/C17H19O2/c1-17(2,13-5-9-15(18-3)10-6-13)14-7-11-16(19-4)12-8-14/h5-12H,1H2,2-4H3/q+1. The molecule has 0 aliphatic heterocycles. The molecule has 2 heteroatoms. The van der Waals surface area contributed by atoms with Crippen molar-refractivity contribution >= 4 is 0 Å². The van der Waals surface area contributed by atoms with Gasteiger partial charge in [0.25, 0.3) is 0 Å². The minimum Gasteiger partial charge on any atom is -0.497 e. The van der Waals surface area contributed by atoms with Gasteiger partial charge in [0.15, 0.2) is 5.41 Å². The lowest BCUT2D eigenvalue weighted by Gasteiger charge is -2.19. The smallest absolute Gasteiger partial charge is 0.152 e. The van der Waals surface area contributed by atoms with Crippen LogP contribution in [0.2, 0.25) is 0 Å². The van der Waals surface area contributed by atoms with Crippen LogP contribution in [0.1, 0.15) is 18.1 Å². The molecule has 0 N–H and O–H groups in total. The molecule has 0 amide bonds. The lowest BCUT2D eigenvalue weighted by Crippen LogP contribution is -2.19. The van der Waals surface area contributed by atoms with Gasteiger partial charge in [-0.25, -0.2) is 0 Å². The van der Waals surface area contributed by atoms with E-state index >= 15 is 0 Å². The van der Waals surface area contributed by atoms with Gasteiger partial charge in [0.1, 0.15) is 11.5 Å². The summed E-state index contributed by atoms with van der Waals surface area (Å²) in [5.41, 5.74) is 2.01. The van der Waals surface area contributed by atoms with E-state index in [4.69, 9.17) is 9.47 Å². The molecule has 0 radical (unpaired) electrons. The third kappa shape index (κ3) is 2.68. The average molecular weight is 255 g/mol. The van der Waals surface area contributed by atoms with Gasteiger partial charge >= 0.3 is 0 Å². The molecule has 0 saturated carbocycles. The molecule has 0 heterocycles. The minimum absolute atomic E-state index is 0.293. The number of hydrogen-bond donors (Lipinski definition) is 0. The van der Waals surface area contributed by atoms with Crippen LogP contribution in [0.4, 0.5) is 0 Å². The summed E-state index contributed by atoms with van der Waals surface area (Å²) in [5, 5.41) is 0. The molecule has 19 heavy (non-hydrogen) atoms. The van der Waals surface area contributed by atoms with E-state index in [1.807, 2.05) is 24.3 Å². The molecule has 0 fully saturated rings. The second kappa shape index (κ2) is 5.27. The molecule has 2 rings (SSSR count). The van der Waals surface area contributed by atoms with Crippen LogP contribution in [0.5, 0.6) is 11.5 Å². The molecule has 0 unspecified atom stereocenters. The third-order valence-corrected chi connectivity index (χ3v) is 3.45. The summed E-state index contributed by atoms with van der Waals surface area (Å²) in [5.74, 6) is 1.71. The van der Waals surface area contributed by atoms with Crippen LogP contribution >= 0.6 is 0 Å². The molecule has 2 aromatic carbocycles. The summed E-state index contributed by atoms with van der Waals surface area (Å²) < 4.78 is 10.4. The third-order valence-electron chi connectivity index (χ3n) is 3.45. The predicted molar refractivity (Wildman–Crippen MR) is 77.8 cm³/mol. The predicted octanol–water partition coefficient (Wildman–Crippen LogP) is 3.84. The second-order valence-electron chi connectivity index (χ2n) is 4.79. The van der Waals surface area contributed by atoms with Crippen molar-refractivity contribution in [3.63, 3.8) is 0 Å². The van der Waals surface area contributed by atoms with Gasteiger partial charge in [-0.1, -0.05) is 24.3 Å². The van der Waals surface area contributed by atoms with Crippen LogP contribution < -0.4 is 9.47 Å². The van der Waals surface area contributed by atoms with Gasteiger partial charge in [0.05, 0.1) is 21.1 Å². The number of hydrogen-bond acceptors (Lipinski definition) is 2. The zero-order valence-corrected chi connectivity index (χ0v) is 11.6. The Kier molecular flexibility index (Phi) is 3.70. The van der Waals surface area contributed by atoms with Crippen LogP contribution in [-0.4, -0.2) is 14.2 Å². The molecular formula is C17H19O2+. The fraction of sp³-hybridized carbons (Fsp3) is 0.235. The average Bonchev–Trinajstić information content (AvgIpc) is 2.47. The van der Waals surface area contributed by atoms with Crippen molar-refractivity contribution in [2.45, 2.75) is 12.3 Å². The van der Waals surface area contributed by atoms with E-state index < -0.39 is 0 Å². The van der Waals surface area contributed by atoms with Crippen molar-refractivity contribution in [1.29, 1.82) is 0 Å². The Labute approximate surface area is 115 Å². The molecule has 0 aliphatic carbocycles. The van der Waals surface area contributed by atoms with Crippen molar-refractivity contribution in [1.82, 2.24) is 0 Å². The van der Waals surface area contributed by atoms with E-state index in [9.17, 15) is 0 Å². The zero-order valence-electron chi connectivity index (χ0n) is 11.6. The largest absolute Gasteiger partial charge is 0.497 e. The normalized spacial score (nSPS) is 11.1. The molecule has 98 valence electrons. The molecule has 0 atom stereocenters. The van der Waals surface area contributed by atoms with E-state index in [-0.39, 0.29) is 5.41 Å². The Morgan fingerprint density at radius 3 is 1.32 bits per heavy atom. The van der Waals surface area contributed by atoms with Crippen LogP contribution in [-0.2, 0) is 5.41 Å². The molecular weight excluding hydrogens is 236 g/mol. The fourth-order valence-corrected chi connectivity index (χ4v) is 2.08. The summed E-state index contributed by atoms with van der Waals surface area (Å²) >= 11 is 0. The first-order valence-corrected chi connectivity index (χ1v) is 6.22. The number of methoxy groups -OCH3 is 2. The van der Waals surface area contributed by atoms with E-state index in [2.05, 4.69) is 38.1 Å². The lowest BCUT2D eigenvalue weighted by atomic mass is 9.78. The summed E-state index contributed by atoms with van der Waals surface area (Å²) in [7, 11) is 3.34. The monoisotopic (exact) mass is 255 g/mol. The van der Waals surface area contributed by atoms with Crippen LogP contribution in [0, 0.1) is 6.92 Å². The first-order chi connectivity index (χ1) is 9.07. The topological polar surface area (TPSA) is 18.5 Å².